The molecule has 1 fully saturated rings. The van der Waals surface area contributed by atoms with Crippen LogP contribution in [0.3, 0.4) is 0 Å². The van der Waals surface area contributed by atoms with Crippen LogP contribution in [-0.4, -0.2) is 34.3 Å². The average Bonchev–Trinajstić information content (AvgIpc) is 3.28. The topological polar surface area (TPSA) is 73.6 Å². The minimum atomic E-state index is -0.912. The first-order valence-electron chi connectivity index (χ1n) is 15.9. The van der Waals surface area contributed by atoms with Crippen molar-refractivity contribution in [2.75, 3.05) is 13.7 Å². The van der Waals surface area contributed by atoms with Gasteiger partial charge >= 0.3 is 5.97 Å². The number of nitrogens with zero attached hydrogens (tertiary/aromatic N) is 2. The summed E-state index contributed by atoms with van der Waals surface area (Å²) in [5.41, 5.74) is 9.52. The van der Waals surface area contributed by atoms with Crippen LogP contribution in [0, 0.1) is 0 Å². The Bertz CT molecular complexity index is 2140. The number of carbonyl (C=O) groups is 1. The molecular weight excluding hydrogens is 596 g/mol. The van der Waals surface area contributed by atoms with Gasteiger partial charge in [-0.3, -0.25) is 0 Å². The Kier molecular flexibility index (Phi) is 7.18. The molecule has 6 nitrogen and oxygen atoms in total. The van der Waals surface area contributed by atoms with Crippen LogP contribution in [0.1, 0.15) is 53.9 Å². The maximum absolute atomic E-state index is 12.0. The third-order valence-corrected chi connectivity index (χ3v) is 9.91. The smallest absolute Gasteiger partial charge is 0.335 e. The van der Waals surface area contributed by atoms with Crippen LogP contribution in [-0.2, 0) is 6.54 Å². The van der Waals surface area contributed by atoms with Crippen LogP contribution in [0.2, 0.25) is 5.02 Å². The van der Waals surface area contributed by atoms with Crippen LogP contribution in [0.5, 0.6) is 11.5 Å². The summed E-state index contributed by atoms with van der Waals surface area (Å²) in [6.45, 7) is 1.11. The zero-order valence-corrected chi connectivity index (χ0v) is 26.3. The second kappa shape index (κ2) is 11.5. The lowest BCUT2D eigenvalue weighted by Crippen LogP contribution is -2.07. The maximum Gasteiger partial charge on any atom is 0.335 e. The van der Waals surface area contributed by atoms with Crippen molar-refractivity contribution < 1.29 is 19.4 Å². The maximum atomic E-state index is 12.0. The number of hydrogen-bond donors (Lipinski definition) is 1. The molecule has 46 heavy (non-hydrogen) atoms. The standard InChI is InChI=1S/C39H33ClN2O4/c1-45-27-12-14-28(23-7-10-26(40)11-8-23)32(22-27)34-17-15-29-33(41-34)18-16-31-37-36(24-5-3-2-4-6-24)30-13-9-25(39(43)44)21-35(30)42(37)19-20-46-38(29)31/h7-18,21-22,24H,2-6,19-20H2,1H3,(H,43,44). The lowest BCUT2D eigenvalue weighted by molar-refractivity contribution is 0.0697. The average molecular weight is 629 g/mol. The number of aromatic nitrogens is 2. The minimum absolute atomic E-state index is 0.305. The van der Waals surface area contributed by atoms with Crippen molar-refractivity contribution in [3.8, 4) is 45.1 Å². The van der Waals surface area contributed by atoms with E-state index in [1.165, 1.54) is 24.8 Å². The Labute approximate surface area is 272 Å². The van der Waals surface area contributed by atoms with Gasteiger partial charge in [-0.15, -0.1) is 0 Å². The normalized spacial score (nSPS) is 14.8. The van der Waals surface area contributed by atoms with E-state index in [2.05, 4.69) is 34.9 Å². The van der Waals surface area contributed by atoms with Gasteiger partial charge in [0.25, 0.3) is 0 Å². The summed E-state index contributed by atoms with van der Waals surface area (Å²) in [5.74, 6) is 1.10. The molecule has 2 aliphatic rings. The van der Waals surface area contributed by atoms with Crippen LogP contribution < -0.4 is 9.47 Å². The van der Waals surface area contributed by atoms with E-state index in [9.17, 15) is 9.90 Å². The summed E-state index contributed by atoms with van der Waals surface area (Å²) < 4.78 is 14.4. The van der Waals surface area contributed by atoms with E-state index < -0.39 is 5.97 Å². The molecule has 1 aliphatic carbocycles. The monoisotopic (exact) mass is 628 g/mol. The molecule has 2 aromatic heterocycles. The molecule has 0 amide bonds. The summed E-state index contributed by atoms with van der Waals surface area (Å²) in [5, 5.41) is 12.6. The van der Waals surface area contributed by atoms with Gasteiger partial charge in [0.1, 0.15) is 18.1 Å². The zero-order valence-electron chi connectivity index (χ0n) is 25.6. The number of ether oxygens (including phenoxy) is 2. The summed E-state index contributed by atoms with van der Waals surface area (Å²) >= 11 is 6.20. The number of benzene rings is 4. The number of carboxylic acid groups (broad SMARTS) is 1. The molecule has 0 spiro atoms. The third kappa shape index (κ3) is 4.79. The number of carboxylic acids is 1. The van der Waals surface area contributed by atoms with E-state index in [1.807, 2.05) is 48.5 Å². The number of fused-ring (bicyclic) bond motifs is 7. The van der Waals surface area contributed by atoms with Crippen LogP contribution in [0.4, 0.5) is 0 Å². The van der Waals surface area contributed by atoms with Gasteiger partial charge < -0.3 is 19.1 Å². The Morgan fingerprint density at radius 3 is 2.46 bits per heavy atom. The van der Waals surface area contributed by atoms with E-state index in [0.29, 0.717) is 29.7 Å². The summed E-state index contributed by atoms with van der Waals surface area (Å²) in [6, 6.07) is 27.9. The first kappa shape index (κ1) is 28.6. The molecule has 0 atom stereocenters. The van der Waals surface area contributed by atoms with Crippen LogP contribution in [0.15, 0.2) is 84.9 Å². The highest BCUT2D eigenvalue weighted by atomic mass is 35.5. The van der Waals surface area contributed by atoms with Gasteiger partial charge in [0, 0.05) is 32.4 Å². The zero-order chi connectivity index (χ0) is 31.4. The van der Waals surface area contributed by atoms with Gasteiger partial charge in [-0.05, 0) is 96.1 Å². The molecule has 7 heteroatoms. The predicted molar refractivity (Wildman–Crippen MR) is 183 cm³/mol. The fourth-order valence-corrected chi connectivity index (χ4v) is 7.61. The van der Waals surface area contributed by atoms with Gasteiger partial charge in [-0.1, -0.05) is 55.1 Å². The Hall–Kier alpha value is -4.81. The molecule has 6 aromatic rings. The van der Waals surface area contributed by atoms with E-state index >= 15 is 0 Å². The molecule has 0 bridgehead atoms. The summed E-state index contributed by atoms with van der Waals surface area (Å²) in [4.78, 5) is 17.1. The molecule has 8 rings (SSSR count). The lowest BCUT2D eigenvalue weighted by Gasteiger charge is -2.23. The lowest BCUT2D eigenvalue weighted by atomic mass is 9.81. The first-order valence-corrected chi connectivity index (χ1v) is 16.3. The highest BCUT2D eigenvalue weighted by Gasteiger charge is 2.30. The Morgan fingerprint density at radius 2 is 1.67 bits per heavy atom. The summed E-state index contributed by atoms with van der Waals surface area (Å²) in [7, 11) is 1.67. The fourth-order valence-electron chi connectivity index (χ4n) is 7.49. The largest absolute Gasteiger partial charge is 0.497 e. The van der Waals surface area contributed by atoms with Crippen molar-refractivity contribution in [2.24, 2.45) is 0 Å². The van der Waals surface area contributed by atoms with Crippen molar-refractivity contribution in [1.29, 1.82) is 0 Å². The van der Waals surface area contributed by atoms with E-state index in [1.54, 1.807) is 13.2 Å². The molecule has 1 N–H and O–H groups in total. The third-order valence-electron chi connectivity index (χ3n) is 9.66. The Morgan fingerprint density at radius 1 is 0.891 bits per heavy atom. The highest BCUT2D eigenvalue weighted by molar-refractivity contribution is 6.30. The minimum Gasteiger partial charge on any atom is -0.497 e. The molecule has 0 saturated heterocycles. The quantitative estimate of drug-likeness (QED) is 0.206. The van der Waals surface area contributed by atoms with Crippen molar-refractivity contribution >= 4 is 39.4 Å². The van der Waals surface area contributed by atoms with Gasteiger partial charge in [-0.2, -0.15) is 0 Å². The molecule has 0 unspecified atom stereocenters. The number of methoxy groups -OCH3 is 1. The molecule has 0 radical (unpaired) electrons. The number of halogens is 1. The Balaban J connectivity index is 1.31. The second-order valence-corrected chi connectivity index (χ2v) is 12.7. The number of pyridine rings is 1. The fraction of sp³-hybridized carbons (Fsp3) is 0.231. The molecule has 1 aliphatic heterocycles. The molecule has 1 saturated carbocycles. The van der Waals surface area contributed by atoms with E-state index in [-0.39, 0.29) is 0 Å². The molecular formula is C39H33ClN2O4. The van der Waals surface area contributed by atoms with Gasteiger partial charge in [-0.25, -0.2) is 9.78 Å². The van der Waals surface area contributed by atoms with Gasteiger partial charge in [0.05, 0.1) is 36.1 Å². The van der Waals surface area contributed by atoms with E-state index in [0.717, 1.165) is 79.8 Å². The van der Waals surface area contributed by atoms with E-state index in [4.69, 9.17) is 26.1 Å². The molecule has 3 heterocycles. The van der Waals surface area contributed by atoms with Crippen molar-refractivity contribution in [3.63, 3.8) is 0 Å². The van der Waals surface area contributed by atoms with Crippen molar-refractivity contribution in [2.45, 2.75) is 44.6 Å². The van der Waals surface area contributed by atoms with Gasteiger partial charge in [0.15, 0.2) is 0 Å². The van der Waals surface area contributed by atoms with Gasteiger partial charge in [0.2, 0.25) is 0 Å². The predicted octanol–water partition coefficient (Wildman–Crippen LogP) is 9.99. The number of rotatable bonds is 5. The second-order valence-electron chi connectivity index (χ2n) is 12.3. The summed E-state index contributed by atoms with van der Waals surface area (Å²) in [6.07, 6.45) is 5.95. The number of hydrogen-bond acceptors (Lipinski definition) is 4. The van der Waals surface area contributed by atoms with Crippen molar-refractivity contribution in [1.82, 2.24) is 9.55 Å². The first-order chi connectivity index (χ1) is 22.5. The van der Waals surface area contributed by atoms with Crippen molar-refractivity contribution in [3.05, 3.63) is 101 Å². The van der Waals surface area contributed by atoms with Crippen LogP contribution >= 0.6 is 11.6 Å². The van der Waals surface area contributed by atoms with Crippen LogP contribution in [0.25, 0.3) is 55.4 Å². The molecule has 230 valence electrons. The molecule has 4 aromatic carbocycles. The SMILES string of the molecule is COc1ccc(-c2ccc(Cl)cc2)c(-c2ccc3c4c(ccc3n2)-c2c(C3CCCCC3)c3ccc(C(=O)O)cc3n2CCO4)c1. The highest BCUT2D eigenvalue weighted by Crippen LogP contribution is 2.49. The number of aromatic carboxylic acids is 1.